The minimum atomic E-state index is -0.683. The van der Waals surface area contributed by atoms with Crippen molar-refractivity contribution in [2.45, 2.75) is 13.0 Å². The lowest BCUT2D eigenvalue weighted by molar-refractivity contribution is -0.124. The molecule has 0 radical (unpaired) electrons. The quantitative estimate of drug-likeness (QED) is 0.418. The molecular formula is C26H22N2O4. The zero-order chi connectivity index (χ0) is 22.3. The third-order valence-corrected chi connectivity index (χ3v) is 4.95. The summed E-state index contributed by atoms with van der Waals surface area (Å²) in [6.45, 7) is 1.49. The maximum Gasteiger partial charge on any atom is 0.344 e. The van der Waals surface area contributed by atoms with Crippen molar-refractivity contribution in [3.05, 3.63) is 102 Å². The number of esters is 1. The van der Waals surface area contributed by atoms with Crippen molar-refractivity contribution < 1.29 is 19.1 Å². The van der Waals surface area contributed by atoms with Gasteiger partial charge in [0.2, 0.25) is 5.88 Å². The number of carbonyl (C=O) groups is 2. The molecule has 6 heteroatoms. The van der Waals surface area contributed by atoms with E-state index in [1.54, 1.807) is 24.3 Å². The minimum absolute atomic E-state index is 0.119. The smallest absolute Gasteiger partial charge is 0.344 e. The lowest BCUT2D eigenvalue weighted by Gasteiger charge is -2.17. The van der Waals surface area contributed by atoms with Crippen molar-refractivity contribution in [2.75, 3.05) is 6.61 Å². The lowest BCUT2D eigenvalue weighted by Crippen LogP contribution is -2.31. The largest absolute Gasteiger partial charge is 0.452 e. The van der Waals surface area contributed by atoms with Gasteiger partial charge in [0.1, 0.15) is 11.3 Å². The van der Waals surface area contributed by atoms with Crippen LogP contribution >= 0.6 is 0 Å². The molecule has 1 amide bonds. The van der Waals surface area contributed by atoms with Crippen LogP contribution in [-0.2, 0) is 9.53 Å². The van der Waals surface area contributed by atoms with Gasteiger partial charge in [-0.15, -0.1) is 0 Å². The monoisotopic (exact) mass is 426 g/mol. The summed E-state index contributed by atoms with van der Waals surface area (Å²) in [5.74, 6) is -0.416. The van der Waals surface area contributed by atoms with Crippen molar-refractivity contribution in [1.29, 1.82) is 0 Å². The highest BCUT2D eigenvalue weighted by Crippen LogP contribution is 2.25. The number of hydrogen-bond acceptors (Lipinski definition) is 5. The highest BCUT2D eigenvalue weighted by Gasteiger charge is 2.18. The fraction of sp³-hybridized carbons (Fsp3) is 0.115. The van der Waals surface area contributed by atoms with Crippen LogP contribution in [0.3, 0.4) is 0 Å². The van der Waals surface area contributed by atoms with E-state index in [9.17, 15) is 9.59 Å². The topological polar surface area (TPSA) is 77.5 Å². The minimum Gasteiger partial charge on any atom is -0.452 e. The molecule has 6 nitrogen and oxygen atoms in total. The molecule has 160 valence electrons. The molecule has 1 unspecified atom stereocenters. The second kappa shape index (κ2) is 9.75. The average Bonchev–Trinajstić information content (AvgIpc) is 2.83. The van der Waals surface area contributed by atoms with Crippen molar-refractivity contribution >= 4 is 22.6 Å². The highest BCUT2D eigenvalue weighted by molar-refractivity contribution is 5.93. The number of hydrogen-bond donors (Lipinski definition) is 1. The molecule has 0 spiro atoms. The van der Waals surface area contributed by atoms with E-state index in [-0.39, 0.29) is 17.5 Å². The van der Waals surface area contributed by atoms with E-state index in [2.05, 4.69) is 10.3 Å². The molecule has 0 aliphatic rings. The van der Waals surface area contributed by atoms with Gasteiger partial charge in [-0.1, -0.05) is 60.7 Å². The van der Waals surface area contributed by atoms with Crippen LogP contribution in [0.4, 0.5) is 0 Å². The van der Waals surface area contributed by atoms with Crippen LogP contribution in [0.15, 0.2) is 91.1 Å². The number of ether oxygens (including phenoxy) is 2. The maximum absolute atomic E-state index is 12.6. The van der Waals surface area contributed by atoms with Gasteiger partial charge in [-0.3, -0.25) is 4.79 Å². The van der Waals surface area contributed by atoms with Crippen molar-refractivity contribution in [3.8, 4) is 11.6 Å². The summed E-state index contributed by atoms with van der Waals surface area (Å²) in [5.41, 5.74) is 1.14. The predicted octanol–water partition coefficient (Wildman–Crippen LogP) is 5.06. The van der Waals surface area contributed by atoms with Gasteiger partial charge in [0.25, 0.3) is 5.91 Å². The third-order valence-electron chi connectivity index (χ3n) is 4.95. The maximum atomic E-state index is 12.6. The van der Waals surface area contributed by atoms with Gasteiger partial charge in [0, 0.05) is 6.20 Å². The first-order chi connectivity index (χ1) is 15.6. The molecule has 0 fully saturated rings. The Kier molecular flexibility index (Phi) is 6.41. The molecule has 1 N–H and O–H groups in total. The van der Waals surface area contributed by atoms with Gasteiger partial charge in [0.05, 0.1) is 6.04 Å². The van der Waals surface area contributed by atoms with E-state index in [1.165, 1.54) is 6.20 Å². The van der Waals surface area contributed by atoms with Gasteiger partial charge >= 0.3 is 5.97 Å². The molecule has 1 heterocycles. The molecule has 1 atom stereocenters. The molecule has 0 bridgehead atoms. The van der Waals surface area contributed by atoms with Crippen molar-refractivity contribution in [2.24, 2.45) is 0 Å². The number of nitrogens with one attached hydrogen (secondary N) is 1. The number of nitrogens with zero attached hydrogens (tertiary/aromatic N) is 1. The van der Waals surface area contributed by atoms with Gasteiger partial charge in [-0.2, -0.15) is 0 Å². The first-order valence-electron chi connectivity index (χ1n) is 10.2. The van der Waals surface area contributed by atoms with E-state index >= 15 is 0 Å². The fourth-order valence-corrected chi connectivity index (χ4v) is 3.43. The summed E-state index contributed by atoms with van der Waals surface area (Å²) in [5, 5.41) is 5.05. The second-order valence-electron chi connectivity index (χ2n) is 7.20. The zero-order valence-electron chi connectivity index (χ0n) is 17.5. The molecular weight excluding hydrogens is 404 g/mol. The Hall–Kier alpha value is -4.19. The SMILES string of the molecule is CC(NC(=O)COC(=O)c1cccnc1Oc1ccccc1)c1cccc2ccccc12. The van der Waals surface area contributed by atoms with Crippen molar-refractivity contribution in [3.63, 3.8) is 0 Å². The molecule has 0 saturated heterocycles. The summed E-state index contributed by atoms with van der Waals surface area (Å²) in [7, 11) is 0. The molecule has 32 heavy (non-hydrogen) atoms. The van der Waals surface area contributed by atoms with Crippen LogP contribution in [0.5, 0.6) is 11.6 Å². The van der Waals surface area contributed by atoms with Crippen LogP contribution in [0.1, 0.15) is 28.9 Å². The summed E-state index contributed by atoms with van der Waals surface area (Å²) < 4.78 is 10.9. The summed E-state index contributed by atoms with van der Waals surface area (Å²) in [4.78, 5) is 29.1. The fourth-order valence-electron chi connectivity index (χ4n) is 3.43. The van der Waals surface area contributed by atoms with Crippen molar-refractivity contribution in [1.82, 2.24) is 10.3 Å². The van der Waals surface area contributed by atoms with Crippen LogP contribution in [0, 0.1) is 0 Å². The van der Waals surface area contributed by atoms with E-state index in [0.29, 0.717) is 5.75 Å². The van der Waals surface area contributed by atoms with E-state index in [4.69, 9.17) is 9.47 Å². The Morgan fingerprint density at radius 1 is 0.906 bits per heavy atom. The Morgan fingerprint density at radius 2 is 1.66 bits per heavy atom. The third kappa shape index (κ3) is 4.92. The molecule has 4 rings (SSSR count). The molecule has 4 aromatic rings. The number of carbonyl (C=O) groups excluding carboxylic acids is 2. The van der Waals surface area contributed by atoms with Gasteiger partial charge in [-0.25, -0.2) is 9.78 Å². The second-order valence-corrected chi connectivity index (χ2v) is 7.20. The highest BCUT2D eigenvalue weighted by atomic mass is 16.5. The van der Waals surface area contributed by atoms with E-state index in [1.807, 2.05) is 67.6 Å². The van der Waals surface area contributed by atoms with E-state index < -0.39 is 18.5 Å². The molecule has 0 aliphatic heterocycles. The molecule has 3 aromatic carbocycles. The summed E-state index contributed by atoms with van der Waals surface area (Å²) in [6.07, 6.45) is 1.52. The first kappa shape index (κ1) is 21.1. The standard InChI is InChI=1S/C26H22N2O4/c1-18(21-14-7-10-19-9-5-6-13-22(19)21)28-24(29)17-31-26(30)23-15-8-16-27-25(23)32-20-11-3-2-4-12-20/h2-16,18H,17H2,1H3,(H,28,29). The molecule has 0 saturated carbocycles. The lowest BCUT2D eigenvalue weighted by atomic mass is 10.00. The number of fused-ring (bicyclic) bond motifs is 1. The van der Waals surface area contributed by atoms with Gasteiger partial charge in [0.15, 0.2) is 6.61 Å². The van der Waals surface area contributed by atoms with Crippen LogP contribution in [0.25, 0.3) is 10.8 Å². The average molecular weight is 426 g/mol. The summed E-state index contributed by atoms with van der Waals surface area (Å²) >= 11 is 0. The van der Waals surface area contributed by atoms with Crippen LogP contribution in [0.2, 0.25) is 0 Å². The number of pyridine rings is 1. The predicted molar refractivity (Wildman–Crippen MR) is 122 cm³/mol. The number of para-hydroxylation sites is 1. The number of amides is 1. The number of rotatable bonds is 7. The number of benzene rings is 3. The van der Waals surface area contributed by atoms with Crippen LogP contribution in [-0.4, -0.2) is 23.5 Å². The Bertz CT molecular complexity index is 1240. The molecule has 0 aliphatic carbocycles. The molecule has 1 aromatic heterocycles. The Balaban J connectivity index is 1.39. The zero-order valence-corrected chi connectivity index (χ0v) is 17.5. The normalized spacial score (nSPS) is 11.5. The van der Waals surface area contributed by atoms with Gasteiger partial charge in [-0.05, 0) is 47.5 Å². The van der Waals surface area contributed by atoms with Crippen LogP contribution < -0.4 is 10.1 Å². The van der Waals surface area contributed by atoms with Gasteiger partial charge < -0.3 is 14.8 Å². The Morgan fingerprint density at radius 3 is 2.50 bits per heavy atom. The van der Waals surface area contributed by atoms with E-state index in [0.717, 1.165) is 16.3 Å². The summed E-state index contributed by atoms with van der Waals surface area (Å²) in [6, 6.07) is 25.9. The first-order valence-corrected chi connectivity index (χ1v) is 10.2. The Labute approximate surface area is 185 Å². The number of aromatic nitrogens is 1.